The summed E-state index contributed by atoms with van der Waals surface area (Å²) < 4.78 is 38.4. The molecule has 1 unspecified atom stereocenters. The number of ether oxygens (including phenoxy) is 1. The Morgan fingerprint density at radius 1 is 1.56 bits per heavy atom. The van der Waals surface area contributed by atoms with Gasteiger partial charge in [-0.1, -0.05) is 0 Å². The molecule has 1 aliphatic rings. The van der Waals surface area contributed by atoms with Gasteiger partial charge in [0.15, 0.2) is 5.78 Å². The van der Waals surface area contributed by atoms with E-state index in [0.717, 1.165) is 0 Å². The first-order chi connectivity index (χ1) is 7.79. The molecule has 1 amide bonds. The van der Waals surface area contributed by atoms with Crippen LogP contribution in [0.1, 0.15) is 12.8 Å². The van der Waals surface area contributed by atoms with E-state index < -0.39 is 30.7 Å². The van der Waals surface area contributed by atoms with Crippen LogP contribution in [0.2, 0.25) is 0 Å². The van der Waals surface area contributed by atoms with Crippen LogP contribution in [0.5, 0.6) is 0 Å². The molecular weight excluding hydrogens is 277 g/mol. The molecule has 0 aromatic rings. The highest BCUT2D eigenvalue weighted by molar-refractivity contribution is 5.86. The molecule has 18 heavy (non-hydrogen) atoms. The average molecular weight is 291 g/mol. The third-order valence-corrected chi connectivity index (χ3v) is 2.49. The van der Waals surface area contributed by atoms with Crippen LogP contribution in [-0.2, 0) is 14.3 Å². The first kappa shape index (κ1) is 17.1. The molecule has 1 fully saturated rings. The lowest BCUT2D eigenvalue weighted by Gasteiger charge is -2.14. The maximum absolute atomic E-state index is 11.7. The number of carbonyl (C=O) groups is 2. The fourth-order valence-electron chi connectivity index (χ4n) is 1.57. The molecule has 0 spiro atoms. The van der Waals surface area contributed by atoms with Gasteiger partial charge in [-0.05, 0) is 12.8 Å². The molecule has 0 aromatic carbocycles. The van der Waals surface area contributed by atoms with Crippen molar-refractivity contribution in [1.29, 1.82) is 0 Å². The Kier molecular flexibility index (Phi) is 6.58. The standard InChI is InChI=1S/C9H13F3N2O3.ClH/c10-9(11,12)17-4-7(15)6(13)3-5-1-2-14-8(5)16;/h5-6H,1-4,13H2,(H,14,16);1H/t5-,6?;/m0./s1. The lowest BCUT2D eigenvalue weighted by atomic mass is 9.97. The molecule has 9 heteroatoms. The molecule has 1 saturated heterocycles. The molecule has 0 bridgehead atoms. The van der Waals surface area contributed by atoms with Crippen molar-refractivity contribution in [2.45, 2.75) is 25.2 Å². The average Bonchev–Trinajstić information content (AvgIpc) is 2.59. The molecule has 2 atom stereocenters. The second-order valence-corrected chi connectivity index (χ2v) is 3.82. The minimum atomic E-state index is -4.85. The van der Waals surface area contributed by atoms with Crippen LogP contribution in [0.3, 0.4) is 0 Å². The number of carbonyl (C=O) groups excluding carboxylic acids is 2. The van der Waals surface area contributed by atoms with E-state index in [9.17, 15) is 22.8 Å². The van der Waals surface area contributed by atoms with Gasteiger partial charge in [-0.3, -0.25) is 14.3 Å². The Balaban J connectivity index is 0.00000289. The molecule has 3 N–H and O–H groups in total. The van der Waals surface area contributed by atoms with Crippen molar-refractivity contribution in [3.8, 4) is 0 Å². The molecule has 106 valence electrons. The largest absolute Gasteiger partial charge is 0.522 e. The van der Waals surface area contributed by atoms with Crippen molar-refractivity contribution < 1.29 is 27.5 Å². The van der Waals surface area contributed by atoms with E-state index in [0.29, 0.717) is 13.0 Å². The topological polar surface area (TPSA) is 81.4 Å². The minimum absolute atomic E-state index is 0. The number of halogens is 4. The molecule has 1 heterocycles. The van der Waals surface area contributed by atoms with E-state index in [1.165, 1.54) is 0 Å². The number of hydrogen-bond acceptors (Lipinski definition) is 4. The summed E-state index contributed by atoms with van der Waals surface area (Å²) in [4.78, 5) is 22.4. The minimum Gasteiger partial charge on any atom is -0.356 e. The van der Waals surface area contributed by atoms with Crippen LogP contribution in [0.25, 0.3) is 0 Å². The van der Waals surface area contributed by atoms with Gasteiger partial charge >= 0.3 is 6.36 Å². The molecule has 0 aromatic heterocycles. The smallest absolute Gasteiger partial charge is 0.356 e. The lowest BCUT2D eigenvalue weighted by molar-refractivity contribution is -0.320. The number of rotatable bonds is 5. The number of nitrogens with one attached hydrogen (secondary N) is 1. The van der Waals surface area contributed by atoms with Crippen LogP contribution >= 0.6 is 12.4 Å². The van der Waals surface area contributed by atoms with E-state index >= 15 is 0 Å². The fraction of sp³-hybridized carbons (Fsp3) is 0.778. The van der Waals surface area contributed by atoms with Gasteiger partial charge in [0, 0.05) is 12.5 Å². The van der Waals surface area contributed by atoms with Gasteiger partial charge in [0.2, 0.25) is 5.91 Å². The first-order valence-electron chi connectivity index (χ1n) is 5.06. The molecule has 1 rings (SSSR count). The summed E-state index contributed by atoms with van der Waals surface area (Å²) in [6.07, 6.45) is -4.26. The normalized spacial score (nSPS) is 21.1. The Hall–Kier alpha value is -0.860. The lowest BCUT2D eigenvalue weighted by Crippen LogP contribution is -2.38. The summed E-state index contributed by atoms with van der Waals surface area (Å²) in [5.41, 5.74) is 5.41. The maximum Gasteiger partial charge on any atom is 0.522 e. The van der Waals surface area contributed by atoms with E-state index in [4.69, 9.17) is 5.73 Å². The van der Waals surface area contributed by atoms with Gasteiger partial charge in [-0.2, -0.15) is 0 Å². The predicted octanol–water partition coefficient (Wildman–Crippen LogP) is 0.367. The van der Waals surface area contributed by atoms with Crippen molar-refractivity contribution in [1.82, 2.24) is 5.32 Å². The van der Waals surface area contributed by atoms with Crippen molar-refractivity contribution >= 4 is 24.1 Å². The summed E-state index contributed by atoms with van der Waals surface area (Å²) in [5.74, 6) is -1.48. The van der Waals surface area contributed by atoms with Crippen molar-refractivity contribution in [3.05, 3.63) is 0 Å². The van der Waals surface area contributed by atoms with Crippen LogP contribution in [-0.4, -0.2) is 37.2 Å². The molecule has 0 aliphatic carbocycles. The first-order valence-corrected chi connectivity index (χ1v) is 5.06. The van der Waals surface area contributed by atoms with Gasteiger partial charge in [-0.15, -0.1) is 25.6 Å². The number of amides is 1. The highest BCUT2D eigenvalue weighted by Crippen LogP contribution is 2.18. The second-order valence-electron chi connectivity index (χ2n) is 3.82. The Morgan fingerprint density at radius 2 is 2.17 bits per heavy atom. The SMILES string of the molecule is Cl.NC(C[C@@H]1CCNC1=O)C(=O)COC(F)(F)F. The number of alkyl halides is 3. The second kappa shape index (κ2) is 6.91. The Bertz CT molecular complexity index is 312. The number of nitrogens with two attached hydrogens (primary N) is 1. The third-order valence-electron chi connectivity index (χ3n) is 2.49. The summed E-state index contributed by atoms with van der Waals surface area (Å²) in [6.45, 7) is -0.609. The Morgan fingerprint density at radius 3 is 2.61 bits per heavy atom. The molecule has 5 nitrogen and oxygen atoms in total. The van der Waals surface area contributed by atoms with Gasteiger partial charge in [0.25, 0.3) is 0 Å². The van der Waals surface area contributed by atoms with Crippen molar-refractivity contribution in [2.24, 2.45) is 11.7 Å². The fourth-order valence-corrected chi connectivity index (χ4v) is 1.57. The van der Waals surface area contributed by atoms with E-state index in [-0.39, 0.29) is 24.7 Å². The summed E-state index contributed by atoms with van der Waals surface area (Å²) in [5, 5.41) is 2.55. The van der Waals surface area contributed by atoms with Gasteiger partial charge in [0.05, 0.1) is 6.04 Å². The number of hydrogen-bond donors (Lipinski definition) is 2. The zero-order chi connectivity index (χ0) is 13.1. The quantitative estimate of drug-likeness (QED) is 0.766. The van der Waals surface area contributed by atoms with Gasteiger partial charge < -0.3 is 11.1 Å². The maximum atomic E-state index is 11.7. The monoisotopic (exact) mass is 290 g/mol. The highest BCUT2D eigenvalue weighted by atomic mass is 35.5. The van der Waals surface area contributed by atoms with Crippen LogP contribution < -0.4 is 11.1 Å². The van der Waals surface area contributed by atoms with Crippen molar-refractivity contribution in [2.75, 3.05) is 13.2 Å². The van der Waals surface area contributed by atoms with Crippen LogP contribution in [0.15, 0.2) is 0 Å². The number of ketones is 1. The summed E-state index contributed by atoms with van der Waals surface area (Å²) in [7, 11) is 0. The zero-order valence-corrected chi connectivity index (χ0v) is 10.1. The molecule has 1 aliphatic heterocycles. The predicted molar refractivity (Wildman–Crippen MR) is 58.0 cm³/mol. The van der Waals surface area contributed by atoms with Crippen molar-refractivity contribution in [3.63, 3.8) is 0 Å². The summed E-state index contributed by atoms with van der Waals surface area (Å²) in [6, 6.07) is -1.11. The zero-order valence-electron chi connectivity index (χ0n) is 9.33. The van der Waals surface area contributed by atoms with Gasteiger partial charge in [-0.25, -0.2) is 0 Å². The number of Topliss-reactive ketones (excluding diaryl/α,β-unsaturated/α-hetero) is 1. The Labute approximate surface area is 108 Å². The molecule has 0 radical (unpaired) electrons. The van der Waals surface area contributed by atoms with E-state index in [2.05, 4.69) is 10.1 Å². The van der Waals surface area contributed by atoms with E-state index in [1.54, 1.807) is 0 Å². The van der Waals surface area contributed by atoms with Crippen LogP contribution in [0, 0.1) is 5.92 Å². The van der Waals surface area contributed by atoms with E-state index in [1.807, 2.05) is 0 Å². The van der Waals surface area contributed by atoms with Crippen LogP contribution in [0.4, 0.5) is 13.2 Å². The molecule has 0 saturated carbocycles. The highest BCUT2D eigenvalue weighted by Gasteiger charge is 2.33. The summed E-state index contributed by atoms with van der Waals surface area (Å²) >= 11 is 0. The van der Waals surface area contributed by atoms with Gasteiger partial charge in [0.1, 0.15) is 6.61 Å². The third kappa shape index (κ3) is 5.65. The molecular formula is C9H14ClF3N2O3.